The Kier molecular flexibility index (Phi) is 3.84. The molecule has 0 saturated heterocycles. The average molecular weight is 252 g/mol. The summed E-state index contributed by atoms with van der Waals surface area (Å²) in [5, 5.41) is 8.73. The minimum Gasteiger partial charge on any atom is -0.490 e. The van der Waals surface area contributed by atoms with Crippen LogP contribution in [0.4, 0.5) is 4.39 Å². The zero-order valence-electron chi connectivity index (χ0n) is 10.4. The molecule has 0 aliphatic heterocycles. The molecular weight excluding hydrogens is 235 g/mol. The first-order valence-electron chi connectivity index (χ1n) is 6.25. The van der Waals surface area contributed by atoms with E-state index in [1.54, 1.807) is 0 Å². The first-order valence-corrected chi connectivity index (χ1v) is 6.25. The lowest BCUT2D eigenvalue weighted by molar-refractivity contribution is 0.0691. The van der Waals surface area contributed by atoms with Crippen LogP contribution < -0.4 is 4.74 Å². The molecule has 4 heteroatoms. The highest BCUT2D eigenvalue weighted by atomic mass is 19.1. The van der Waals surface area contributed by atoms with E-state index in [-0.39, 0.29) is 11.7 Å². The molecule has 0 aromatic heterocycles. The lowest BCUT2D eigenvalue weighted by Gasteiger charge is -2.27. The maximum absolute atomic E-state index is 13.5. The molecule has 2 unspecified atom stereocenters. The smallest absolute Gasteiger partial charge is 0.338 e. The third-order valence-corrected chi connectivity index (χ3v) is 3.36. The van der Waals surface area contributed by atoms with E-state index in [9.17, 15) is 9.18 Å². The largest absolute Gasteiger partial charge is 0.490 e. The van der Waals surface area contributed by atoms with Crippen molar-refractivity contribution in [2.24, 2.45) is 5.92 Å². The number of carbonyl (C=O) groups is 1. The topological polar surface area (TPSA) is 46.5 Å². The number of carboxylic acid groups (broad SMARTS) is 1. The van der Waals surface area contributed by atoms with E-state index in [4.69, 9.17) is 9.84 Å². The Bertz CT molecular complexity index is 445. The predicted molar refractivity (Wildman–Crippen MR) is 65.4 cm³/mol. The highest BCUT2D eigenvalue weighted by Crippen LogP contribution is 2.28. The van der Waals surface area contributed by atoms with Gasteiger partial charge >= 0.3 is 5.97 Å². The summed E-state index contributed by atoms with van der Waals surface area (Å²) in [5.41, 5.74) is -0.320. The lowest BCUT2D eigenvalue weighted by atomic mass is 9.89. The number of hydrogen-bond donors (Lipinski definition) is 1. The highest BCUT2D eigenvalue weighted by molar-refractivity contribution is 5.88. The summed E-state index contributed by atoms with van der Waals surface area (Å²) in [5.74, 6) is -0.960. The molecule has 1 saturated carbocycles. The third kappa shape index (κ3) is 3.00. The molecular formula is C14H17FO3. The maximum Gasteiger partial charge on any atom is 0.338 e. The van der Waals surface area contributed by atoms with Gasteiger partial charge in [-0.15, -0.1) is 0 Å². The highest BCUT2D eigenvalue weighted by Gasteiger charge is 2.21. The fourth-order valence-electron chi connectivity index (χ4n) is 2.42. The van der Waals surface area contributed by atoms with Crippen LogP contribution in [0.2, 0.25) is 0 Å². The molecule has 2 atom stereocenters. The van der Waals surface area contributed by atoms with Crippen LogP contribution in [-0.4, -0.2) is 17.2 Å². The summed E-state index contributed by atoms with van der Waals surface area (Å²) in [4.78, 5) is 10.7. The molecule has 1 N–H and O–H groups in total. The minimum atomic E-state index is -1.26. The van der Waals surface area contributed by atoms with E-state index < -0.39 is 11.8 Å². The Hall–Kier alpha value is -1.58. The summed E-state index contributed by atoms with van der Waals surface area (Å²) < 4.78 is 19.2. The lowest BCUT2D eigenvalue weighted by Crippen LogP contribution is -2.24. The number of benzene rings is 1. The van der Waals surface area contributed by atoms with Crippen molar-refractivity contribution in [2.45, 2.75) is 38.7 Å². The summed E-state index contributed by atoms with van der Waals surface area (Å²) in [6.45, 7) is 2.18. The van der Waals surface area contributed by atoms with Crippen LogP contribution in [0.15, 0.2) is 18.2 Å². The molecule has 0 radical (unpaired) electrons. The van der Waals surface area contributed by atoms with Crippen LogP contribution in [0, 0.1) is 11.7 Å². The van der Waals surface area contributed by atoms with Gasteiger partial charge in [0.05, 0.1) is 11.7 Å². The summed E-state index contributed by atoms with van der Waals surface area (Å²) >= 11 is 0. The van der Waals surface area contributed by atoms with Gasteiger partial charge in [-0.3, -0.25) is 0 Å². The van der Waals surface area contributed by atoms with Crippen LogP contribution >= 0.6 is 0 Å². The van der Waals surface area contributed by atoms with Gasteiger partial charge in [-0.25, -0.2) is 9.18 Å². The van der Waals surface area contributed by atoms with E-state index in [0.29, 0.717) is 11.7 Å². The van der Waals surface area contributed by atoms with Crippen LogP contribution in [-0.2, 0) is 0 Å². The molecule has 0 amide bonds. The molecule has 0 heterocycles. The number of halogens is 1. The molecule has 0 spiro atoms. The molecule has 1 aliphatic rings. The summed E-state index contributed by atoms with van der Waals surface area (Å²) in [6.07, 6.45) is 4.41. The van der Waals surface area contributed by atoms with Gasteiger partial charge in [-0.1, -0.05) is 13.3 Å². The van der Waals surface area contributed by atoms with Crippen molar-refractivity contribution in [3.05, 3.63) is 29.6 Å². The standard InChI is InChI=1S/C14H17FO3/c1-9-3-2-4-10(7-9)18-11-5-6-12(14(16)17)13(15)8-11/h5-6,8-10H,2-4,7H2,1H3,(H,16,17). The Balaban J connectivity index is 2.05. The number of carboxylic acids is 1. The van der Waals surface area contributed by atoms with Crippen LogP contribution in [0.25, 0.3) is 0 Å². The van der Waals surface area contributed by atoms with Gasteiger partial charge in [0.15, 0.2) is 0 Å². The van der Waals surface area contributed by atoms with E-state index in [1.165, 1.54) is 18.6 Å². The van der Waals surface area contributed by atoms with Crippen LogP contribution in [0.3, 0.4) is 0 Å². The van der Waals surface area contributed by atoms with Crippen molar-refractivity contribution in [1.29, 1.82) is 0 Å². The molecule has 1 aromatic carbocycles. The second-order valence-corrected chi connectivity index (χ2v) is 4.96. The van der Waals surface area contributed by atoms with Gasteiger partial charge in [0, 0.05) is 6.07 Å². The molecule has 98 valence electrons. The minimum absolute atomic E-state index is 0.115. The van der Waals surface area contributed by atoms with Crippen LogP contribution in [0.1, 0.15) is 43.0 Å². The SMILES string of the molecule is CC1CCCC(Oc2ccc(C(=O)O)c(F)c2)C1. The Morgan fingerprint density at radius 2 is 2.22 bits per heavy atom. The van der Waals surface area contributed by atoms with Crippen molar-refractivity contribution in [3.8, 4) is 5.75 Å². The fraction of sp³-hybridized carbons (Fsp3) is 0.500. The maximum atomic E-state index is 13.5. The second-order valence-electron chi connectivity index (χ2n) is 4.96. The molecule has 0 bridgehead atoms. The summed E-state index contributed by atoms with van der Waals surface area (Å²) in [7, 11) is 0. The van der Waals surface area contributed by atoms with Gasteiger partial charge in [0.1, 0.15) is 11.6 Å². The number of rotatable bonds is 3. The number of hydrogen-bond acceptors (Lipinski definition) is 2. The van der Waals surface area contributed by atoms with Crippen molar-refractivity contribution in [2.75, 3.05) is 0 Å². The van der Waals surface area contributed by atoms with Gasteiger partial charge in [-0.2, -0.15) is 0 Å². The fourth-order valence-corrected chi connectivity index (χ4v) is 2.42. The zero-order valence-corrected chi connectivity index (χ0v) is 10.4. The van der Waals surface area contributed by atoms with E-state index in [2.05, 4.69) is 6.92 Å². The Labute approximate surface area is 106 Å². The van der Waals surface area contributed by atoms with Crippen molar-refractivity contribution >= 4 is 5.97 Å². The third-order valence-electron chi connectivity index (χ3n) is 3.36. The Morgan fingerprint density at radius 3 is 2.83 bits per heavy atom. The van der Waals surface area contributed by atoms with Crippen molar-refractivity contribution in [3.63, 3.8) is 0 Å². The Morgan fingerprint density at radius 1 is 1.44 bits per heavy atom. The zero-order chi connectivity index (χ0) is 13.1. The molecule has 1 fully saturated rings. The molecule has 18 heavy (non-hydrogen) atoms. The normalized spacial score (nSPS) is 23.7. The van der Waals surface area contributed by atoms with Gasteiger partial charge in [0.25, 0.3) is 0 Å². The second kappa shape index (κ2) is 5.38. The van der Waals surface area contributed by atoms with E-state index in [1.807, 2.05) is 0 Å². The average Bonchev–Trinajstić information content (AvgIpc) is 2.28. The molecule has 1 aromatic rings. The van der Waals surface area contributed by atoms with Gasteiger partial charge < -0.3 is 9.84 Å². The molecule has 3 nitrogen and oxygen atoms in total. The predicted octanol–water partition coefficient (Wildman–Crippen LogP) is 3.48. The van der Waals surface area contributed by atoms with Crippen molar-refractivity contribution < 1.29 is 19.0 Å². The van der Waals surface area contributed by atoms with E-state index >= 15 is 0 Å². The van der Waals surface area contributed by atoms with Crippen molar-refractivity contribution in [1.82, 2.24) is 0 Å². The number of ether oxygens (including phenoxy) is 1. The van der Waals surface area contributed by atoms with E-state index in [0.717, 1.165) is 25.3 Å². The first-order chi connectivity index (χ1) is 8.56. The van der Waals surface area contributed by atoms with Gasteiger partial charge in [0.2, 0.25) is 0 Å². The molecule has 1 aliphatic carbocycles. The molecule has 2 rings (SSSR count). The quantitative estimate of drug-likeness (QED) is 0.895. The summed E-state index contributed by atoms with van der Waals surface area (Å²) in [6, 6.07) is 3.92. The van der Waals surface area contributed by atoms with Gasteiger partial charge in [-0.05, 0) is 37.3 Å². The van der Waals surface area contributed by atoms with Crippen LogP contribution in [0.5, 0.6) is 5.75 Å². The number of aromatic carboxylic acids is 1. The monoisotopic (exact) mass is 252 g/mol. The first kappa shape index (κ1) is 12.9.